The molecule has 2 heterocycles. The Labute approximate surface area is 149 Å². The lowest BCUT2D eigenvalue weighted by molar-refractivity contribution is -0.115. The molecule has 0 aliphatic carbocycles. The third-order valence-electron chi connectivity index (χ3n) is 4.90. The molecular formula is C19H27N5O. The number of carbonyl (C=O) groups is 1. The van der Waals surface area contributed by atoms with Gasteiger partial charge in [0.25, 0.3) is 0 Å². The molecule has 0 atom stereocenters. The van der Waals surface area contributed by atoms with Gasteiger partial charge in [-0.05, 0) is 59.0 Å². The zero-order valence-electron chi connectivity index (χ0n) is 15.2. The third kappa shape index (κ3) is 4.39. The van der Waals surface area contributed by atoms with Gasteiger partial charge in [0.1, 0.15) is 0 Å². The maximum absolute atomic E-state index is 12.5. The van der Waals surface area contributed by atoms with Crippen LogP contribution in [0, 0.1) is 13.8 Å². The fourth-order valence-electron chi connectivity index (χ4n) is 3.28. The Kier molecular flexibility index (Phi) is 5.38. The minimum atomic E-state index is -0.0229. The molecule has 3 N–H and O–H groups in total. The fourth-order valence-corrected chi connectivity index (χ4v) is 3.28. The Hall–Kier alpha value is -2.34. The molecular weight excluding hydrogens is 314 g/mol. The molecule has 1 aliphatic heterocycles. The van der Waals surface area contributed by atoms with E-state index in [1.54, 1.807) is 0 Å². The quantitative estimate of drug-likeness (QED) is 0.782. The Morgan fingerprint density at radius 2 is 1.92 bits per heavy atom. The Bertz CT molecular complexity index is 712. The SMILES string of the molecule is Cc1n[nH]c(C)c1CC(=O)Nc1ccccc1NC1CCN(C)CC1. The molecule has 6 heteroatoms. The first-order valence-corrected chi connectivity index (χ1v) is 8.87. The van der Waals surface area contributed by atoms with Gasteiger partial charge in [-0.1, -0.05) is 12.1 Å². The van der Waals surface area contributed by atoms with Crippen LogP contribution in [-0.4, -0.2) is 47.2 Å². The van der Waals surface area contributed by atoms with E-state index in [0.717, 1.165) is 54.3 Å². The maximum atomic E-state index is 12.5. The number of hydrogen-bond acceptors (Lipinski definition) is 4. The van der Waals surface area contributed by atoms with E-state index in [0.29, 0.717) is 12.5 Å². The van der Waals surface area contributed by atoms with Crippen molar-refractivity contribution in [1.82, 2.24) is 15.1 Å². The number of anilines is 2. The summed E-state index contributed by atoms with van der Waals surface area (Å²) in [7, 11) is 2.16. The Morgan fingerprint density at radius 1 is 1.24 bits per heavy atom. The number of benzene rings is 1. The number of H-pyrrole nitrogens is 1. The van der Waals surface area contributed by atoms with Gasteiger partial charge >= 0.3 is 0 Å². The summed E-state index contributed by atoms with van der Waals surface area (Å²) in [6.45, 7) is 6.07. The van der Waals surface area contributed by atoms with E-state index in [1.807, 2.05) is 38.1 Å². The minimum Gasteiger partial charge on any atom is -0.381 e. The predicted molar refractivity (Wildman–Crippen MR) is 101 cm³/mol. The first kappa shape index (κ1) is 17.5. The highest BCUT2D eigenvalue weighted by atomic mass is 16.1. The number of nitrogens with zero attached hydrogens (tertiary/aromatic N) is 2. The van der Waals surface area contributed by atoms with Crippen LogP contribution in [0.5, 0.6) is 0 Å². The van der Waals surface area contributed by atoms with Crippen molar-refractivity contribution < 1.29 is 4.79 Å². The molecule has 6 nitrogen and oxygen atoms in total. The van der Waals surface area contributed by atoms with Gasteiger partial charge in [-0.25, -0.2) is 0 Å². The Balaban J connectivity index is 1.65. The number of hydrogen-bond donors (Lipinski definition) is 3. The lowest BCUT2D eigenvalue weighted by Crippen LogP contribution is -2.36. The van der Waals surface area contributed by atoms with E-state index in [-0.39, 0.29) is 5.91 Å². The highest BCUT2D eigenvalue weighted by Gasteiger charge is 2.18. The molecule has 25 heavy (non-hydrogen) atoms. The van der Waals surface area contributed by atoms with E-state index >= 15 is 0 Å². The van der Waals surface area contributed by atoms with Gasteiger partial charge in [-0.2, -0.15) is 5.10 Å². The molecule has 1 saturated heterocycles. The first-order valence-electron chi connectivity index (χ1n) is 8.87. The van der Waals surface area contributed by atoms with Crippen molar-refractivity contribution in [2.75, 3.05) is 30.8 Å². The summed E-state index contributed by atoms with van der Waals surface area (Å²) in [6.07, 6.45) is 2.56. The number of para-hydroxylation sites is 2. The van der Waals surface area contributed by atoms with Gasteiger partial charge in [0, 0.05) is 17.3 Å². The van der Waals surface area contributed by atoms with Crippen molar-refractivity contribution in [2.24, 2.45) is 0 Å². The Morgan fingerprint density at radius 3 is 2.56 bits per heavy atom. The molecule has 3 rings (SSSR count). The zero-order chi connectivity index (χ0) is 17.8. The normalized spacial score (nSPS) is 16.0. The monoisotopic (exact) mass is 341 g/mol. The zero-order valence-corrected chi connectivity index (χ0v) is 15.2. The van der Waals surface area contributed by atoms with Gasteiger partial charge in [0.2, 0.25) is 5.91 Å². The summed E-state index contributed by atoms with van der Waals surface area (Å²) >= 11 is 0. The summed E-state index contributed by atoms with van der Waals surface area (Å²) in [5, 5.41) is 13.7. The number of nitrogens with one attached hydrogen (secondary N) is 3. The number of piperidine rings is 1. The van der Waals surface area contributed by atoms with Crippen LogP contribution in [0.1, 0.15) is 29.8 Å². The van der Waals surface area contributed by atoms with Gasteiger partial charge < -0.3 is 15.5 Å². The topological polar surface area (TPSA) is 73.0 Å². The van der Waals surface area contributed by atoms with Crippen molar-refractivity contribution >= 4 is 17.3 Å². The van der Waals surface area contributed by atoms with Crippen LogP contribution in [0.2, 0.25) is 0 Å². The standard InChI is InChI=1S/C19H27N5O/c1-13-16(14(2)23-22-13)12-19(25)21-18-7-5-4-6-17(18)20-15-8-10-24(3)11-9-15/h4-7,15,20H,8-12H2,1-3H3,(H,21,25)(H,22,23). The molecule has 1 amide bonds. The maximum Gasteiger partial charge on any atom is 0.228 e. The fraction of sp³-hybridized carbons (Fsp3) is 0.474. The van der Waals surface area contributed by atoms with Crippen molar-refractivity contribution in [3.8, 4) is 0 Å². The van der Waals surface area contributed by atoms with Gasteiger partial charge in [-0.3, -0.25) is 9.89 Å². The third-order valence-corrected chi connectivity index (χ3v) is 4.90. The van der Waals surface area contributed by atoms with Crippen LogP contribution in [0.4, 0.5) is 11.4 Å². The van der Waals surface area contributed by atoms with Crippen molar-refractivity contribution in [3.63, 3.8) is 0 Å². The minimum absolute atomic E-state index is 0.0229. The summed E-state index contributed by atoms with van der Waals surface area (Å²) < 4.78 is 0. The van der Waals surface area contributed by atoms with Crippen LogP contribution in [0.15, 0.2) is 24.3 Å². The number of amides is 1. The highest BCUT2D eigenvalue weighted by Crippen LogP contribution is 2.24. The molecule has 1 aromatic heterocycles. The smallest absolute Gasteiger partial charge is 0.228 e. The van der Waals surface area contributed by atoms with E-state index in [2.05, 4.69) is 32.8 Å². The summed E-state index contributed by atoms with van der Waals surface area (Å²) in [6, 6.07) is 8.38. The van der Waals surface area contributed by atoms with Gasteiger partial charge in [0.15, 0.2) is 0 Å². The second-order valence-corrected chi connectivity index (χ2v) is 6.90. The number of aromatic amines is 1. The number of carbonyl (C=O) groups excluding carboxylic acids is 1. The highest BCUT2D eigenvalue weighted by molar-refractivity contribution is 5.95. The molecule has 1 aliphatic rings. The first-order chi connectivity index (χ1) is 12.0. The second kappa shape index (κ2) is 7.70. The van der Waals surface area contributed by atoms with E-state index < -0.39 is 0 Å². The summed E-state index contributed by atoms with van der Waals surface area (Å²) in [5.41, 5.74) is 4.63. The molecule has 2 aromatic rings. The van der Waals surface area contributed by atoms with Crippen LogP contribution in [-0.2, 0) is 11.2 Å². The predicted octanol–water partition coefficient (Wildman–Crippen LogP) is 2.71. The summed E-state index contributed by atoms with van der Waals surface area (Å²) in [5.74, 6) is -0.0229. The van der Waals surface area contributed by atoms with Crippen LogP contribution < -0.4 is 10.6 Å². The molecule has 0 spiro atoms. The van der Waals surface area contributed by atoms with Crippen molar-refractivity contribution in [1.29, 1.82) is 0 Å². The average Bonchev–Trinajstić information content (AvgIpc) is 2.90. The largest absolute Gasteiger partial charge is 0.381 e. The molecule has 134 valence electrons. The van der Waals surface area contributed by atoms with Gasteiger partial charge in [0.05, 0.1) is 23.5 Å². The average molecular weight is 341 g/mol. The number of rotatable bonds is 5. The molecule has 0 unspecified atom stereocenters. The van der Waals surface area contributed by atoms with Crippen LogP contribution >= 0.6 is 0 Å². The lowest BCUT2D eigenvalue weighted by Gasteiger charge is -2.30. The summed E-state index contributed by atoms with van der Waals surface area (Å²) in [4.78, 5) is 14.8. The van der Waals surface area contributed by atoms with Crippen LogP contribution in [0.3, 0.4) is 0 Å². The van der Waals surface area contributed by atoms with Gasteiger partial charge in [-0.15, -0.1) is 0 Å². The second-order valence-electron chi connectivity index (χ2n) is 6.90. The van der Waals surface area contributed by atoms with E-state index in [4.69, 9.17) is 0 Å². The molecule has 0 saturated carbocycles. The molecule has 0 radical (unpaired) electrons. The van der Waals surface area contributed by atoms with Crippen molar-refractivity contribution in [2.45, 2.75) is 39.2 Å². The molecule has 1 aromatic carbocycles. The molecule has 0 bridgehead atoms. The number of likely N-dealkylation sites (tertiary alicyclic amines) is 1. The van der Waals surface area contributed by atoms with E-state index in [1.165, 1.54) is 0 Å². The van der Waals surface area contributed by atoms with Crippen molar-refractivity contribution in [3.05, 3.63) is 41.2 Å². The molecule has 1 fully saturated rings. The number of aromatic nitrogens is 2. The van der Waals surface area contributed by atoms with Crippen LogP contribution in [0.25, 0.3) is 0 Å². The van der Waals surface area contributed by atoms with E-state index in [9.17, 15) is 4.79 Å². The lowest BCUT2D eigenvalue weighted by atomic mass is 10.0. The number of aryl methyl sites for hydroxylation is 2.